The molecule has 2 rings (SSSR count). The molecule has 106 valence electrons. The molecule has 0 spiro atoms. The summed E-state index contributed by atoms with van der Waals surface area (Å²) in [7, 11) is -3.52. The van der Waals surface area contributed by atoms with E-state index in [4.69, 9.17) is 5.11 Å². The third-order valence-corrected chi connectivity index (χ3v) is 6.09. The summed E-state index contributed by atoms with van der Waals surface area (Å²) in [4.78, 5) is 0.201. The van der Waals surface area contributed by atoms with E-state index in [1.807, 2.05) is 6.92 Å². The minimum Gasteiger partial charge on any atom is -0.392 e. The van der Waals surface area contributed by atoms with Gasteiger partial charge in [0.2, 0.25) is 10.0 Å². The van der Waals surface area contributed by atoms with Crippen LogP contribution < -0.4 is 4.72 Å². The average Bonchev–Trinajstić information content (AvgIpc) is 3.16. The van der Waals surface area contributed by atoms with E-state index in [0.29, 0.717) is 22.5 Å². The molecule has 0 amide bonds. The van der Waals surface area contributed by atoms with Crippen molar-refractivity contribution in [2.24, 2.45) is 5.92 Å². The Hall–Kier alpha value is -0.430. The number of aliphatic hydroxyl groups excluding tert-OH is 1. The molecule has 0 radical (unpaired) electrons. The van der Waals surface area contributed by atoms with Crippen LogP contribution in [0.4, 0.5) is 0 Å². The zero-order valence-corrected chi connectivity index (χ0v) is 13.2. The van der Waals surface area contributed by atoms with Gasteiger partial charge in [-0.05, 0) is 52.4 Å². The van der Waals surface area contributed by atoms with Gasteiger partial charge in [-0.1, -0.05) is 18.9 Å². The van der Waals surface area contributed by atoms with Gasteiger partial charge in [0.05, 0.1) is 11.5 Å². The molecule has 0 saturated heterocycles. The van der Waals surface area contributed by atoms with Crippen LogP contribution in [0, 0.1) is 12.8 Å². The van der Waals surface area contributed by atoms with E-state index in [1.54, 1.807) is 6.07 Å². The summed E-state index contributed by atoms with van der Waals surface area (Å²) >= 11 is 3.31. The van der Waals surface area contributed by atoms with Gasteiger partial charge in [-0.3, -0.25) is 0 Å². The molecule has 2 N–H and O–H groups in total. The van der Waals surface area contributed by atoms with Crippen LogP contribution in [0.1, 0.15) is 30.4 Å². The van der Waals surface area contributed by atoms with Crippen molar-refractivity contribution >= 4 is 26.0 Å². The maximum Gasteiger partial charge on any atom is 0.241 e. The largest absolute Gasteiger partial charge is 0.392 e. The SMILES string of the molecule is Cc1cc(CO)cc(S(=O)(=O)NCCC2CC2)c1Br. The van der Waals surface area contributed by atoms with E-state index in [-0.39, 0.29) is 11.5 Å². The van der Waals surface area contributed by atoms with Crippen molar-refractivity contribution in [1.29, 1.82) is 0 Å². The number of benzene rings is 1. The van der Waals surface area contributed by atoms with Crippen LogP contribution in [0.15, 0.2) is 21.5 Å². The van der Waals surface area contributed by atoms with Crippen molar-refractivity contribution in [3.63, 3.8) is 0 Å². The highest BCUT2D eigenvalue weighted by atomic mass is 79.9. The monoisotopic (exact) mass is 347 g/mol. The van der Waals surface area contributed by atoms with E-state index in [9.17, 15) is 8.42 Å². The van der Waals surface area contributed by atoms with Crippen LogP contribution in [0.5, 0.6) is 0 Å². The summed E-state index contributed by atoms with van der Waals surface area (Å²) in [5, 5.41) is 9.17. The molecule has 19 heavy (non-hydrogen) atoms. The van der Waals surface area contributed by atoms with Gasteiger partial charge >= 0.3 is 0 Å². The number of aryl methyl sites for hydroxylation is 1. The topological polar surface area (TPSA) is 66.4 Å². The van der Waals surface area contributed by atoms with Crippen molar-refractivity contribution in [2.75, 3.05) is 6.54 Å². The quantitative estimate of drug-likeness (QED) is 0.829. The predicted molar refractivity (Wildman–Crippen MR) is 77.3 cm³/mol. The molecular formula is C13H18BrNO3S. The average molecular weight is 348 g/mol. The molecule has 0 unspecified atom stereocenters. The Kier molecular flexibility index (Phi) is 4.66. The van der Waals surface area contributed by atoms with E-state index < -0.39 is 10.0 Å². The maximum absolute atomic E-state index is 12.3. The van der Waals surface area contributed by atoms with Crippen LogP contribution >= 0.6 is 15.9 Å². The molecule has 6 heteroatoms. The lowest BCUT2D eigenvalue weighted by atomic mass is 10.1. The molecule has 1 aliphatic rings. The first kappa shape index (κ1) is 15.0. The van der Waals surface area contributed by atoms with E-state index in [0.717, 1.165) is 12.0 Å². The fourth-order valence-electron chi connectivity index (χ4n) is 1.98. The molecule has 4 nitrogen and oxygen atoms in total. The Morgan fingerprint density at radius 1 is 1.42 bits per heavy atom. The van der Waals surface area contributed by atoms with Gasteiger partial charge in [0, 0.05) is 11.0 Å². The summed E-state index contributed by atoms with van der Waals surface area (Å²) in [5.74, 6) is 0.691. The molecule has 0 atom stereocenters. The molecule has 1 aromatic carbocycles. The Labute approximate surface area is 122 Å². The lowest BCUT2D eigenvalue weighted by Crippen LogP contribution is -2.25. The third kappa shape index (κ3) is 3.78. The fraction of sp³-hybridized carbons (Fsp3) is 0.538. The second-order valence-electron chi connectivity index (χ2n) is 5.01. The van der Waals surface area contributed by atoms with E-state index in [2.05, 4.69) is 20.7 Å². The van der Waals surface area contributed by atoms with E-state index >= 15 is 0 Å². The Balaban J connectivity index is 2.19. The highest BCUT2D eigenvalue weighted by Gasteiger charge is 2.23. The second-order valence-corrected chi connectivity index (χ2v) is 7.54. The summed E-state index contributed by atoms with van der Waals surface area (Å²) < 4.78 is 27.7. The number of sulfonamides is 1. The number of hydrogen-bond donors (Lipinski definition) is 2. The number of halogens is 1. The van der Waals surface area contributed by atoms with Crippen molar-refractivity contribution in [2.45, 2.75) is 37.7 Å². The molecular weight excluding hydrogens is 330 g/mol. The zero-order valence-electron chi connectivity index (χ0n) is 10.8. The zero-order chi connectivity index (χ0) is 14.0. The lowest BCUT2D eigenvalue weighted by molar-refractivity contribution is 0.281. The normalized spacial score (nSPS) is 15.7. The van der Waals surface area contributed by atoms with Gasteiger partial charge < -0.3 is 5.11 Å². The van der Waals surface area contributed by atoms with Crippen LogP contribution in [-0.2, 0) is 16.6 Å². The molecule has 1 aliphatic carbocycles. The van der Waals surface area contributed by atoms with Crippen LogP contribution in [0.2, 0.25) is 0 Å². The van der Waals surface area contributed by atoms with Crippen molar-refractivity contribution < 1.29 is 13.5 Å². The molecule has 1 aromatic rings. The van der Waals surface area contributed by atoms with Crippen molar-refractivity contribution in [1.82, 2.24) is 4.72 Å². The van der Waals surface area contributed by atoms with Crippen LogP contribution in [0.3, 0.4) is 0 Å². The smallest absolute Gasteiger partial charge is 0.241 e. The van der Waals surface area contributed by atoms with Crippen LogP contribution in [-0.4, -0.2) is 20.1 Å². The Morgan fingerprint density at radius 2 is 2.11 bits per heavy atom. The molecule has 0 aliphatic heterocycles. The Bertz CT molecular complexity index is 567. The minimum absolute atomic E-state index is 0.168. The standard InChI is InChI=1S/C13H18BrNO3S/c1-9-6-11(8-16)7-12(13(9)14)19(17,18)15-5-4-10-2-3-10/h6-7,10,15-16H,2-5,8H2,1H3. The van der Waals surface area contributed by atoms with Gasteiger partial charge in [0.15, 0.2) is 0 Å². The highest BCUT2D eigenvalue weighted by Crippen LogP contribution is 2.32. The second kappa shape index (κ2) is 5.91. The maximum atomic E-state index is 12.3. The van der Waals surface area contributed by atoms with Gasteiger partial charge in [0.1, 0.15) is 0 Å². The van der Waals surface area contributed by atoms with Crippen molar-refractivity contribution in [3.05, 3.63) is 27.7 Å². The molecule has 0 bridgehead atoms. The molecule has 0 aromatic heterocycles. The highest BCUT2D eigenvalue weighted by molar-refractivity contribution is 9.10. The minimum atomic E-state index is -3.52. The molecule has 0 heterocycles. The first-order valence-corrected chi connectivity index (χ1v) is 8.61. The fourth-order valence-corrected chi connectivity index (χ4v) is 4.09. The van der Waals surface area contributed by atoms with Gasteiger partial charge in [0.25, 0.3) is 0 Å². The summed E-state index contributed by atoms with van der Waals surface area (Å²) in [6, 6.07) is 3.28. The summed E-state index contributed by atoms with van der Waals surface area (Å²) in [6.07, 6.45) is 3.32. The first-order valence-electron chi connectivity index (χ1n) is 6.33. The summed E-state index contributed by atoms with van der Waals surface area (Å²) in [6.45, 7) is 2.12. The summed E-state index contributed by atoms with van der Waals surface area (Å²) in [5.41, 5.74) is 1.40. The van der Waals surface area contributed by atoms with E-state index in [1.165, 1.54) is 18.9 Å². The van der Waals surface area contributed by atoms with Gasteiger partial charge in [-0.15, -0.1) is 0 Å². The van der Waals surface area contributed by atoms with Crippen LogP contribution in [0.25, 0.3) is 0 Å². The molecule has 1 fully saturated rings. The number of nitrogens with one attached hydrogen (secondary N) is 1. The first-order chi connectivity index (χ1) is 8.94. The lowest BCUT2D eigenvalue weighted by Gasteiger charge is -2.11. The van der Waals surface area contributed by atoms with Gasteiger partial charge in [-0.2, -0.15) is 0 Å². The molecule has 1 saturated carbocycles. The number of rotatable bonds is 6. The van der Waals surface area contributed by atoms with Gasteiger partial charge in [-0.25, -0.2) is 13.1 Å². The Morgan fingerprint density at radius 3 is 2.68 bits per heavy atom. The predicted octanol–water partition coefficient (Wildman–Crippen LogP) is 2.33. The third-order valence-electron chi connectivity index (χ3n) is 3.29. The van der Waals surface area contributed by atoms with Crippen molar-refractivity contribution in [3.8, 4) is 0 Å². The number of hydrogen-bond acceptors (Lipinski definition) is 3. The number of aliphatic hydroxyl groups is 1.